The highest BCUT2D eigenvalue weighted by molar-refractivity contribution is 5.30. The van der Waals surface area contributed by atoms with Gasteiger partial charge in [0.2, 0.25) is 0 Å². The Labute approximate surface area is 66.1 Å². The van der Waals surface area contributed by atoms with Crippen molar-refractivity contribution in [3.05, 3.63) is 36.0 Å². The van der Waals surface area contributed by atoms with Crippen LogP contribution in [0.15, 0.2) is 36.0 Å². The third-order valence-electron chi connectivity index (χ3n) is 1.58. The Morgan fingerprint density at radius 1 is 1.55 bits per heavy atom. The van der Waals surface area contributed by atoms with E-state index >= 15 is 0 Å². The van der Waals surface area contributed by atoms with Crippen LogP contribution in [0.25, 0.3) is 0 Å². The Bertz CT molecular complexity index is 204. The summed E-state index contributed by atoms with van der Waals surface area (Å²) < 4.78 is 12.9. The molecule has 1 atom stereocenters. The second-order valence-electron chi connectivity index (χ2n) is 2.44. The van der Waals surface area contributed by atoms with Gasteiger partial charge in [-0.2, -0.15) is 0 Å². The largest absolute Gasteiger partial charge is 0.327 e. The summed E-state index contributed by atoms with van der Waals surface area (Å²) in [6.45, 7) is 0.0595. The quantitative estimate of drug-likeness (QED) is 0.642. The summed E-state index contributed by atoms with van der Waals surface area (Å²) in [7, 11) is 0. The Morgan fingerprint density at radius 2 is 2.36 bits per heavy atom. The molecule has 1 aliphatic rings. The van der Waals surface area contributed by atoms with Gasteiger partial charge in [-0.15, -0.1) is 0 Å². The zero-order chi connectivity index (χ0) is 8.10. The van der Waals surface area contributed by atoms with Crippen molar-refractivity contribution in [1.82, 2.24) is 0 Å². The molecule has 0 aromatic rings. The number of allylic oxidation sites excluding steroid dienone is 5. The van der Waals surface area contributed by atoms with Crippen molar-refractivity contribution in [1.29, 1.82) is 0 Å². The van der Waals surface area contributed by atoms with Crippen LogP contribution in [0, 0.1) is 0 Å². The molecule has 0 aliphatic heterocycles. The summed E-state index contributed by atoms with van der Waals surface area (Å²) in [5.41, 5.74) is 5.85. The zero-order valence-corrected chi connectivity index (χ0v) is 6.33. The molecule has 0 aromatic heterocycles. The molecule has 11 heavy (non-hydrogen) atoms. The van der Waals surface area contributed by atoms with E-state index in [1.807, 2.05) is 18.2 Å². The summed E-state index contributed by atoms with van der Waals surface area (Å²) in [5.74, 6) is 0. The van der Waals surface area contributed by atoms with Gasteiger partial charge in [-0.05, 0) is 12.0 Å². The smallest absolute Gasteiger partial charge is 0.137 e. The Kier molecular flexibility index (Phi) is 3.05. The lowest BCUT2D eigenvalue weighted by atomic mass is 10.1. The summed E-state index contributed by atoms with van der Waals surface area (Å²) in [4.78, 5) is 0. The fourth-order valence-electron chi connectivity index (χ4n) is 0.941. The van der Waals surface area contributed by atoms with Crippen LogP contribution in [0.2, 0.25) is 0 Å². The van der Waals surface area contributed by atoms with Crippen LogP contribution in [0.5, 0.6) is 0 Å². The van der Waals surface area contributed by atoms with E-state index in [1.54, 1.807) is 12.2 Å². The molecule has 1 unspecified atom stereocenters. The predicted molar refractivity (Wildman–Crippen MR) is 44.9 cm³/mol. The van der Waals surface area contributed by atoms with Gasteiger partial charge in [-0.1, -0.05) is 30.4 Å². The first-order valence-electron chi connectivity index (χ1n) is 3.72. The lowest BCUT2D eigenvalue weighted by molar-refractivity contribution is 0.396. The van der Waals surface area contributed by atoms with Crippen LogP contribution < -0.4 is 5.73 Å². The first kappa shape index (κ1) is 8.21. The minimum absolute atomic E-state index is 0.0595. The Hall–Kier alpha value is -0.890. The predicted octanol–water partition coefficient (Wildman–Crippen LogP) is 1.73. The molecule has 0 heterocycles. The van der Waals surface area contributed by atoms with Crippen LogP contribution in [0.4, 0.5) is 4.39 Å². The van der Waals surface area contributed by atoms with Crippen LogP contribution in [0.1, 0.15) is 6.42 Å². The second-order valence-corrected chi connectivity index (χ2v) is 2.44. The van der Waals surface area contributed by atoms with Crippen molar-refractivity contribution in [2.75, 3.05) is 6.54 Å². The molecule has 2 N–H and O–H groups in total. The fourth-order valence-corrected chi connectivity index (χ4v) is 0.941. The van der Waals surface area contributed by atoms with Gasteiger partial charge in [0.25, 0.3) is 0 Å². The van der Waals surface area contributed by atoms with Gasteiger partial charge in [-0.3, -0.25) is 0 Å². The van der Waals surface area contributed by atoms with E-state index in [2.05, 4.69) is 0 Å². The van der Waals surface area contributed by atoms with Gasteiger partial charge in [0, 0.05) is 6.54 Å². The Balaban J connectivity index is 2.68. The number of rotatable bonds is 2. The van der Waals surface area contributed by atoms with Gasteiger partial charge in [0.15, 0.2) is 0 Å². The van der Waals surface area contributed by atoms with Crippen LogP contribution >= 0.6 is 0 Å². The molecule has 1 nitrogen and oxygen atoms in total. The lowest BCUT2D eigenvalue weighted by Crippen LogP contribution is -2.16. The first-order valence-corrected chi connectivity index (χ1v) is 3.72. The molecule has 0 spiro atoms. The molecule has 0 radical (unpaired) electrons. The molecule has 0 bridgehead atoms. The molecular formula is C9H12FN. The number of hydrogen-bond acceptors (Lipinski definition) is 1. The second kappa shape index (κ2) is 4.09. The standard InChI is InChI=1S/C9H12FN/c10-9(7-11)8-5-3-1-2-4-6-8/h1,3-6,9H,2,7,11H2. The van der Waals surface area contributed by atoms with Gasteiger partial charge in [0.1, 0.15) is 6.17 Å². The molecule has 0 fully saturated rings. The van der Waals surface area contributed by atoms with Crippen molar-refractivity contribution in [2.24, 2.45) is 5.73 Å². The normalized spacial score (nSPS) is 19.3. The highest BCUT2D eigenvalue weighted by Crippen LogP contribution is 2.10. The van der Waals surface area contributed by atoms with E-state index in [1.165, 1.54) is 0 Å². The third kappa shape index (κ3) is 2.31. The minimum Gasteiger partial charge on any atom is -0.327 e. The molecule has 0 saturated heterocycles. The van der Waals surface area contributed by atoms with Crippen molar-refractivity contribution in [3.8, 4) is 0 Å². The van der Waals surface area contributed by atoms with Gasteiger partial charge in [-0.25, -0.2) is 4.39 Å². The van der Waals surface area contributed by atoms with Crippen molar-refractivity contribution >= 4 is 0 Å². The number of hydrogen-bond donors (Lipinski definition) is 1. The van der Waals surface area contributed by atoms with E-state index in [9.17, 15) is 4.39 Å². The number of alkyl halides is 1. The maximum Gasteiger partial charge on any atom is 0.137 e. The average molecular weight is 153 g/mol. The lowest BCUT2D eigenvalue weighted by Gasteiger charge is -2.03. The van der Waals surface area contributed by atoms with E-state index in [-0.39, 0.29) is 6.54 Å². The molecule has 0 saturated carbocycles. The summed E-state index contributed by atoms with van der Waals surface area (Å²) >= 11 is 0. The monoisotopic (exact) mass is 153 g/mol. The first-order chi connectivity index (χ1) is 5.34. The molecule has 0 amide bonds. The van der Waals surface area contributed by atoms with Crippen LogP contribution in [-0.4, -0.2) is 12.7 Å². The number of nitrogens with two attached hydrogens (primary N) is 1. The van der Waals surface area contributed by atoms with E-state index < -0.39 is 6.17 Å². The summed E-state index contributed by atoms with van der Waals surface area (Å²) in [5, 5.41) is 0. The van der Waals surface area contributed by atoms with Gasteiger partial charge < -0.3 is 5.73 Å². The highest BCUT2D eigenvalue weighted by atomic mass is 19.1. The van der Waals surface area contributed by atoms with Crippen molar-refractivity contribution in [3.63, 3.8) is 0 Å². The maximum absolute atomic E-state index is 12.9. The van der Waals surface area contributed by atoms with E-state index in [0.29, 0.717) is 5.57 Å². The van der Waals surface area contributed by atoms with Crippen LogP contribution in [-0.2, 0) is 0 Å². The summed E-state index contributed by atoms with van der Waals surface area (Å²) in [6, 6.07) is 0. The Morgan fingerprint density at radius 3 is 3.09 bits per heavy atom. The SMILES string of the molecule is NCC(F)C1=CC=CCC=C1. The number of halogens is 1. The topological polar surface area (TPSA) is 26.0 Å². The molecule has 1 aliphatic carbocycles. The summed E-state index contributed by atoms with van der Waals surface area (Å²) in [6.07, 6.45) is 9.17. The van der Waals surface area contributed by atoms with Gasteiger partial charge >= 0.3 is 0 Å². The molecule has 1 rings (SSSR count). The van der Waals surface area contributed by atoms with Crippen molar-refractivity contribution in [2.45, 2.75) is 12.6 Å². The van der Waals surface area contributed by atoms with E-state index in [4.69, 9.17) is 5.73 Å². The molecule has 2 heteroatoms. The third-order valence-corrected chi connectivity index (χ3v) is 1.58. The minimum atomic E-state index is -1.02. The molecular weight excluding hydrogens is 141 g/mol. The average Bonchev–Trinajstić information content (AvgIpc) is 2.30. The maximum atomic E-state index is 12.9. The van der Waals surface area contributed by atoms with Gasteiger partial charge in [0.05, 0.1) is 0 Å². The zero-order valence-electron chi connectivity index (χ0n) is 6.33. The highest BCUT2D eigenvalue weighted by Gasteiger charge is 2.06. The fraction of sp³-hybridized carbons (Fsp3) is 0.333. The molecule has 60 valence electrons. The van der Waals surface area contributed by atoms with Crippen LogP contribution in [0.3, 0.4) is 0 Å². The van der Waals surface area contributed by atoms with E-state index in [0.717, 1.165) is 6.42 Å². The van der Waals surface area contributed by atoms with Crippen molar-refractivity contribution < 1.29 is 4.39 Å². The molecule has 0 aromatic carbocycles.